The molecule has 0 saturated heterocycles. The highest BCUT2D eigenvalue weighted by Crippen LogP contribution is 2.19. The smallest absolute Gasteiger partial charge is 0.478 e. The van der Waals surface area contributed by atoms with E-state index in [2.05, 4.69) is 4.98 Å². The molecule has 0 atom stereocenters. The molecule has 78 valence electrons. The Balaban J connectivity index is 2.59. The van der Waals surface area contributed by atoms with Crippen LogP contribution in [0.3, 0.4) is 0 Å². The summed E-state index contributed by atoms with van der Waals surface area (Å²) in [5.74, 6) is 0.532. The zero-order chi connectivity index (χ0) is 10.6. The van der Waals surface area contributed by atoms with Gasteiger partial charge >= 0.3 is 6.98 Å². The molecule has 0 aliphatic heterocycles. The molecule has 0 saturated carbocycles. The van der Waals surface area contributed by atoms with Crippen LogP contribution in [-0.4, -0.2) is 19.1 Å². The van der Waals surface area contributed by atoms with Gasteiger partial charge in [0, 0.05) is 18.0 Å². The average molecular weight is 204 g/mol. The summed E-state index contributed by atoms with van der Waals surface area (Å²) in [5.41, 5.74) is 0.406. The summed E-state index contributed by atoms with van der Waals surface area (Å²) in [6.07, 6.45) is 0.568. The number of ether oxygens (including phenoxy) is 1. The second-order valence-electron chi connectivity index (χ2n) is 2.94. The second-order valence-corrected chi connectivity index (χ2v) is 2.94. The standard InChI is InChI=1S/C8H10BF3NO/c1-14-8-3-5-13-7(6-8)2-4-9(10,11)12/h3,5-6H,2,4H2,1H3/q-1. The molecule has 0 aromatic carbocycles. The number of pyridine rings is 1. The average Bonchev–Trinajstić information content (AvgIpc) is 2.14. The van der Waals surface area contributed by atoms with Crippen molar-refractivity contribution in [1.29, 1.82) is 0 Å². The van der Waals surface area contributed by atoms with Gasteiger partial charge in [0.05, 0.1) is 7.11 Å². The summed E-state index contributed by atoms with van der Waals surface area (Å²) in [5, 5.41) is 0. The first-order valence-electron chi connectivity index (χ1n) is 4.21. The van der Waals surface area contributed by atoms with Gasteiger partial charge in [-0.2, -0.15) is 0 Å². The largest absolute Gasteiger partial charge is 0.497 e. The number of halogens is 3. The molecule has 0 unspecified atom stereocenters. The third-order valence-corrected chi connectivity index (χ3v) is 1.75. The molecule has 1 rings (SSSR count). The lowest BCUT2D eigenvalue weighted by Crippen LogP contribution is -2.15. The highest BCUT2D eigenvalue weighted by atomic mass is 19.4. The number of nitrogens with zero attached hydrogens (tertiary/aromatic N) is 1. The van der Waals surface area contributed by atoms with E-state index >= 15 is 0 Å². The number of rotatable bonds is 4. The van der Waals surface area contributed by atoms with Crippen LogP contribution in [0.15, 0.2) is 18.3 Å². The van der Waals surface area contributed by atoms with Gasteiger partial charge in [-0.15, -0.1) is 0 Å². The summed E-state index contributed by atoms with van der Waals surface area (Å²) in [6.45, 7) is -4.73. The third kappa shape index (κ3) is 3.68. The maximum absolute atomic E-state index is 11.9. The van der Waals surface area contributed by atoms with Crippen molar-refractivity contribution in [3.05, 3.63) is 24.0 Å². The normalized spacial score (nSPS) is 11.4. The molecule has 6 heteroatoms. The van der Waals surface area contributed by atoms with Crippen molar-refractivity contribution in [3.8, 4) is 5.75 Å². The van der Waals surface area contributed by atoms with Crippen LogP contribution in [0.25, 0.3) is 0 Å². The molecule has 0 radical (unpaired) electrons. The van der Waals surface area contributed by atoms with Gasteiger partial charge in [-0.1, -0.05) is 6.32 Å². The lowest BCUT2D eigenvalue weighted by atomic mass is 9.83. The van der Waals surface area contributed by atoms with Crippen LogP contribution in [0.2, 0.25) is 6.32 Å². The minimum Gasteiger partial charge on any atom is -0.497 e. The van der Waals surface area contributed by atoms with Crippen molar-refractivity contribution in [2.24, 2.45) is 0 Å². The highest BCUT2D eigenvalue weighted by molar-refractivity contribution is 6.58. The SMILES string of the molecule is COc1ccnc(CC[B-](F)(F)F)c1. The van der Waals surface area contributed by atoms with E-state index in [0.29, 0.717) is 11.4 Å². The van der Waals surface area contributed by atoms with Crippen LogP contribution in [0.4, 0.5) is 12.9 Å². The molecule has 1 aromatic heterocycles. The van der Waals surface area contributed by atoms with Gasteiger partial charge in [0.1, 0.15) is 5.75 Å². The van der Waals surface area contributed by atoms with Gasteiger partial charge < -0.3 is 17.7 Å². The van der Waals surface area contributed by atoms with Gasteiger partial charge in [-0.25, -0.2) is 0 Å². The molecule has 1 aromatic rings. The molecule has 0 aliphatic rings. The first-order valence-corrected chi connectivity index (χ1v) is 4.21. The molecular weight excluding hydrogens is 194 g/mol. The number of methoxy groups -OCH3 is 1. The number of hydrogen-bond donors (Lipinski definition) is 0. The number of hydrogen-bond acceptors (Lipinski definition) is 2. The Morgan fingerprint density at radius 1 is 1.43 bits per heavy atom. The Labute approximate surface area is 80.2 Å². The maximum Gasteiger partial charge on any atom is 0.478 e. The van der Waals surface area contributed by atoms with E-state index in [1.54, 1.807) is 6.07 Å². The first-order chi connectivity index (χ1) is 6.51. The topological polar surface area (TPSA) is 22.1 Å². The van der Waals surface area contributed by atoms with Crippen molar-refractivity contribution in [1.82, 2.24) is 4.98 Å². The van der Waals surface area contributed by atoms with Crippen LogP contribution < -0.4 is 4.74 Å². The maximum atomic E-state index is 11.9. The molecular formula is C8H10BF3NO-. The van der Waals surface area contributed by atoms with Gasteiger partial charge in [-0.3, -0.25) is 4.98 Å². The van der Waals surface area contributed by atoms with E-state index in [0.717, 1.165) is 0 Å². The summed E-state index contributed by atoms with van der Waals surface area (Å²) in [6, 6.07) is 3.12. The summed E-state index contributed by atoms with van der Waals surface area (Å²) in [4.78, 5) is 3.82. The van der Waals surface area contributed by atoms with Gasteiger partial charge in [0.2, 0.25) is 0 Å². The molecule has 14 heavy (non-hydrogen) atoms. The van der Waals surface area contributed by atoms with E-state index in [-0.39, 0.29) is 6.42 Å². The monoisotopic (exact) mass is 204 g/mol. The van der Waals surface area contributed by atoms with E-state index < -0.39 is 13.3 Å². The van der Waals surface area contributed by atoms with Gasteiger partial charge in [0.15, 0.2) is 0 Å². The molecule has 0 bridgehead atoms. The fourth-order valence-electron chi connectivity index (χ4n) is 1.03. The summed E-state index contributed by atoms with van der Waals surface area (Å²) in [7, 11) is 1.47. The Hall–Kier alpha value is -1.20. The van der Waals surface area contributed by atoms with Crippen molar-refractivity contribution < 1.29 is 17.7 Å². The Morgan fingerprint density at radius 3 is 2.71 bits per heavy atom. The summed E-state index contributed by atoms with van der Waals surface area (Å²) >= 11 is 0. The zero-order valence-electron chi connectivity index (χ0n) is 7.71. The molecule has 0 spiro atoms. The van der Waals surface area contributed by atoms with Crippen LogP contribution in [0.1, 0.15) is 5.69 Å². The van der Waals surface area contributed by atoms with Crippen LogP contribution in [-0.2, 0) is 6.42 Å². The quantitative estimate of drug-likeness (QED) is 0.702. The molecule has 0 aliphatic carbocycles. The molecule has 0 amide bonds. The Kier molecular flexibility index (Phi) is 3.38. The number of aryl methyl sites for hydroxylation is 1. The number of aromatic nitrogens is 1. The minimum atomic E-state index is -4.73. The van der Waals surface area contributed by atoms with Crippen molar-refractivity contribution in [3.63, 3.8) is 0 Å². The molecule has 0 fully saturated rings. The van der Waals surface area contributed by atoms with Crippen molar-refractivity contribution >= 4 is 6.98 Å². The lowest BCUT2D eigenvalue weighted by molar-refractivity contribution is 0.413. The third-order valence-electron chi connectivity index (χ3n) is 1.75. The molecule has 1 heterocycles. The fourth-order valence-corrected chi connectivity index (χ4v) is 1.03. The summed E-state index contributed by atoms with van der Waals surface area (Å²) < 4.78 is 40.7. The fraction of sp³-hybridized carbons (Fsp3) is 0.375. The lowest BCUT2D eigenvalue weighted by Gasteiger charge is -2.12. The highest BCUT2D eigenvalue weighted by Gasteiger charge is 2.22. The molecule has 0 N–H and O–H groups in total. The van der Waals surface area contributed by atoms with E-state index in [9.17, 15) is 12.9 Å². The van der Waals surface area contributed by atoms with Gasteiger partial charge in [0.25, 0.3) is 0 Å². The van der Waals surface area contributed by atoms with E-state index in [1.165, 1.54) is 19.4 Å². The molecule has 2 nitrogen and oxygen atoms in total. The van der Waals surface area contributed by atoms with Crippen molar-refractivity contribution in [2.75, 3.05) is 7.11 Å². The van der Waals surface area contributed by atoms with E-state index in [4.69, 9.17) is 4.74 Å². The predicted molar refractivity (Wildman–Crippen MR) is 48.4 cm³/mol. The predicted octanol–water partition coefficient (Wildman–Crippen LogP) is 2.48. The first kappa shape index (κ1) is 10.9. The minimum absolute atomic E-state index is 0.0826. The van der Waals surface area contributed by atoms with Crippen LogP contribution in [0, 0.1) is 0 Å². The van der Waals surface area contributed by atoms with E-state index in [1.807, 2.05) is 0 Å². The van der Waals surface area contributed by atoms with Crippen LogP contribution >= 0.6 is 0 Å². The van der Waals surface area contributed by atoms with Crippen molar-refractivity contribution in [2.45, 2.75) is 12.7 Å². The Bertz CT molecular complexity index is 303. The van der Waals surface area contributed by atoms with Gasteiger partial charge in [-0.05, 0) is 12.5 Å². The second kappa shape index (κ2) is 4.35. The Morgan fingerprint density at radius 2 is 2.14 bits per heavy atom. The zero-order valence-corrected chi connectivity index (χ0v) is 7.71. The van der Waals surface area contributed by atoms with Crippen LogP contribution in [0.5, 0.6) is 5.75 Å².